The number of allylic oxidation sites excluding steroid dienone is 4. The Bertz CT molecular complexity index is 792. The fourth-order valence-corrected chi connectivity index (χ4v) is 2.88. The second-order valence-electron chi connectivity index (χ2n) is 5.97. The minimum Gasteiger partial charge on any atom is -0.355 e. The Hall–Kier alpha value is -2.80. The summed E-state index contributed by atoms with van der Waals surface area (Å²) in [4.78, 5) is 0. The fourth-order valence-electron chi connectivity index (χ4n) is 2.88. The van der Waals surface area contributed by atoms with E-state index in [4.69, 9.17) is 0 Å². The van der Waals surface area contributed by atoms with E-state index < -0.39 is 0 Å². The van der Waals surface area contributed by atoms with E-state index in [0.29, 0.717) is 0 Å². The zero-order chi connectivity index (χ0) is 16.8. The summed E-state index contributed by atoms with van der Waals surface area (Å²) < 4.78 is 0. The Labute approximate surface area is 144 Å². The first kappa shape index (κ1) is 16.1. The predicted octanol–water partition coefficient (Wildman–Crippen LogP) is 5.95. The van der Waals surface area contributed by atoms with E-state index in [2.05, 4.69) is 85.6 Å². The van der Waals surface area contributed by atoms with Crippen molar-refractivity contribution in [2.24, 2.45) is 0 Å². The van der Waals surface area contributed by atoms with Crippen LogP contribution in [-0.2, 0) is 0 Å². The van der Waals surface area contributed by atoms with E-state index in [0.717, 1.165) is 24.2 Å². The third-order valence-corrected chi connectivity index (χ3v) is 4.26. The Morgan fingerprint density at radius 2 is 1.50 bits per heavy atom. The van der Waals surface area contributed by atoms with Crippen LogP contribution in [0, 0.1) is 0 Å². The van der Waals surface area contributed by atoms with Crippen LogP contribution in [-0.4, -0.2) is 0 Å². The highest BCUT2D eigenvalue weighted by atomic mass is 14.9. The molecule has 120 valence electrons. The lowest BCUT2D eigenvalue weighted by atomic mass is 9.99. The van der Waals surface area contributed by atoms with Gasteiger partial charge in [0.1, 0.15) is 0 Å². The van der Waals surface area contributed by atoms with Crippen LogP contribution in [0.25, 0.3) is 11.3 Å². The van der Waals surface area contributed by atoms with E-state index in [9.17, 15) is 0 Å². The van der Waals surface area contributed by atoms with Gasteiger partial charge >= 0.3 is 0 Å². The molecule has 0 heterocycles. The summed E-state index contributed by atoms with van der Waals surface area (Å²) in [6, 6.07) is 20.9. The molecule has 0 bridgehead atoms. The van der Waals surface area contributed by atoms with Crippen molar-refractivity contribution in [1.82, 2.24) is 5.32 Å². The second kappa shape index (κ2) is 7.65. The standard InChI is InChI=1S/C23H23N/c1-18(20-12-6-3-7-13-20)23(22-16-10-5-11-17-22)24-19(2)21-14-8-4-9-15-21/h3,5-8,10-17,24H,2,4,9H2,1H3/b23-18+. The minimum absolute atomic E-state index is 0.945. The maximum atomic E-state index is 4.25. The average Bonchev–Trinajstić information content (AvgIpc) is 2.67. The number of nitrogens with one attached hydrogen (secondary N) is 1. The molecule has 0 radical (unpaired) electrons. The second-order valence-corrected chi connectivity index (χ2v) is 5.97. The van der Waals surface area contributed by atoms with Gasteiger partial charge in [0, 0.05) is 11.4 Å². The molecule has 0 saturated heterocycles. The molecule has 2 aromatic rings. The lowest BCUT2D eigenvalue weighted by Gasteiger charge is -2.19. The molecule has 0 unspecified atom stereocenters. The molecule has 0 amide bonds. The van der Waals surface area contributed by atoms with Gasteiger partial charge in [-0.15, -0.1) is 0 Å². The van der Waals surface area contributed by atoms with E-state index in [1.165, 1.54) is 22.3 Å². The molecule has 0 aliphatic heterocycles. The van der Waals surface area contributed by atoms with Gasteiger partial charge in [0.05, 0.1) is 0 Å². The van der Waals surface area contributed by atoms with Gasteiger partial charge in [0.15, 0.2) is 0 Å². The number of benzene rings is 2. The minimum atomic E-state index is 0.945. The summed E-state index contributed by atoms with van der Waals surface area (Å²) in [7, 11) is 0. The van der Waals surface area contributed by atoms with Crippen LogP contribution in [0.5, 0.6) is 0 Å². The maximum Gasteiger partial charge on any atom is 0.0493 e. The van der Waals surface area contributed by atoms with Gasteiger partial charge in [-0.2, -0.15) is 0 Å². The highest BCUT2D eigenvalue weighted by molar-refractivity contribution is 5.89. The third-order valence-electron chi connectivity index (χ3n) is 4.26. The summed E-state index contributed by atoms with van der Waals surface area (Å²) >= 11 is 0. The highest BCUT2D eigenvalue weighted by Gasteiger charge is 2.11. The van der Waals surface area contributed by atoms with Crippen LogP contribution in [0.3, 0.4) is 0 Å². The van der Waals surface area contributed by atoms with Crippen molar-refractivity contribution in [3.63, 3.8) is 0 Å². The lowest BCUT2D eigenvalue weighted by Crippen LogP contribution is -2.14. The van der Waals surface area contributed by atoms with Gasteiger partial charge in [-0.25, -0.2) is 0 Å². The van der Waals surface area contributed by atoms with Crippen LogP contribution in [0.1, 0.15) is 30.9 Å². The molecule has 1 nitrogen and oxygen atoms in total. The SMILES string of the molecule is C=C(N/C(=C(\C)c1ccccc1)c1ccccc1)C1=CCCC=C1. The van der Waals surface area contributed by atoms with Crippen molar-refractivity contribution in [2.45, 2.75) is 19.8 Å². The van der Waals surface area contributed by atoms with Crippen molar-refractivity contribution in [3.8, 4) is 0 Å². The van der Waals surface area contributed by atoms with Crippen molar-refractivity contribution in [2.75, 3.05) is 0 Å². The molecule has 1 N–H and O–H groups in total. The summed E-state index contributed by atoms with van der Waals surface area (Å²) in [6.45, 7) is 6.41. The maximum absolute atomic E-state index is 4.25. The summed E-state index contributed by atoms with van der Waals surface area (Å²) in [5.74, 6) is 0. The topological polar surface area (TPSA) is 12.0 Å². The van der Waals surface area contributed by atoms with E-state index >= 15 is 0 Å². The van der Waals surface area contributed by atoms with Gasteiger partial charge in [-0.3, -0.25) is 0 Å². The zero-order valence-electron chi connectivity index (χ0n) is 14.1. The molecule has 0 spiro atoms. The fraction of sp³-hybridized carbons (Fsp3) is 0.130. The average molecular weight is 313 g/mol. The molecule has 3 rings (SSSR count). The molecule has 2 aromatic carbocycles. The summed E-state index contributed by atoms with van der Waals surface area (Å²) in [6.07, 6.45) is 8.79. The molecule has 0 saturated carbocycles. The first-order chi connectivity index (χ1) is 11.8. The lowest BCUT2D eigenvalue weighted by molar-refractivity contribution is 1.000. The first-order valence-electron chi connectivity index (χ1n) is 8.40. The van der Waals surface area contributed by atoms with Crippen molar-refractivity contribution in [3.05, 3.63) is 108 Å². The van der Waals surface area contributed by atoms with Gasteiger partial charge in [-0.05, 0) is 42.0 Å². The van der Waals surface area contributed by atoms with Gasteiger partial charge in [0.25, 0.3) is 0 Å². The summed E-state index contributed by atoms with van der Waals surface area (Å²) in [5, 5.41) is 3.57. The highest BCUT2D eigenvalue weighted by Crippen LogP contribution is 2.26. The van der Waals surface area contributed by atoms with Gasteiger partial charge in [0.2, 0.25) is 0 Å². The molecule has 0 fully saturated rings. The molecule has 0 aromatic heterocycles. The van der Waals surface area contributed by atoms with E-state index in [1.54, 1.807) is 0 Å². The zero-order valence-corrected chi connectivity index (χ0v) is 14.1. The Kier molecular flexibility index (Phi) is 5.12. The van der Waals surface area contributed by atoms with Gasteiger partial charge < -0.3 is 5.32 Å². The monoisotopic (exact) mass is 313 g/mol. The van der Waals surface area contributed by atoms with Crippen LogP contribution in [0.15, 0.2) is 96.7 Å². The smallest absolute Gasteiger partial charge is 0.0493 e. The predicted molar refractivity (Wildman–Crippen MR) is 104 cm³/mol. The number of hydrogen-bond acceptors (Lipinski definition) is 1. The normalized spacial score (nSPS) is 14.6. The van der Waals surface area contributed by atoms with Crippen LogP contribution in [0.4, 0.5) is 0 Å². The van der Waals surface area contributed by atoms with Crippen molar-refractivity contribution in [1.29, 1.82) is 0 Å². The Balaban J connectivity index is 1.99. The van der Waals surface area contributed by atoms with Crippen LogP contribution in [0.2, 0.25) is 0 Å². The molecule has 0 atom stereocenters. The third kappa shape index (κ3) is 3.75. The summed E-state index contributed by atoms with van der Waals surface area (Å²) in [5.41, 5.74) is 6.82. The van der Waals surface area contributed by atoms with Crippen molar-refractivity contribution >= 4 is 11.3 Å². The molecular formula is C23H23N. The van der Waals surface area contributed by atoms with Crippen LogP contribution >= 0.6 is 0 Å². The van der Waals surface area contributed by atoms with Crippen molar-refractivity contribution < 1.29 is 0 Å². The molecule has 1 aliphatic carbocycles. The molecule has 1 aliphatic rings. The number of rotatable bonds is 5. The Morgan fingerprint density at radius 1 is 0.875 bits per heavy atom. The van der Waals surface area contributed by atoms with Gasteiger partial charge in [-0.1, -0.05) is 85.5 Å². The largest absolute Gasteiger partial charge is 0.355 e. The molecular weight excluding hydrogens is 290 g/mol. The first-order valence-corrected chi connectivity index (χ1v) is 8.40. The number of hydrogen-bond donors (Lipinski definition) is 1. The van der Waals surface area contributed by atoms with E-state index in [1.807, 2.05) is 12.1 Å². The quantitative estimate of drug-likeness (QED) is 0.672. The Morgan fingerprint density at radius 3 is 2.08 bits per heavy atom. The van der Waals surface area contributed by atoms with E-state index in [-0.39, 0.29) is 0 Å². The van der Waals surface area contributed by atoms with Crippen LogP contribution < -0.4 is 5.32 Å². The molecule has 24 heavy (non-hydrogen) atoms. The molecule has 1 heteroatoms.